The van der Waals surface area contributed by atoms with Crippen LogP contribution in [0.4, 0.5) is 11.4 Å². The summed E-state index contributed by atoms with van der Waals surface area (Å²) in [6.07, 6.45) is 0.207. The Morgan fingerprint density at radius 3 is 2.77 bits per heavy atom. The van der Waals surface area contributed by atoms with Gasteiger partial charge in [-0.3, -0.25) is 9.69 Å². The second-order valence-electron chi connectivity index (χ2n) is 7.58. The van der Waals surface area contributed by atoms with Gasteiger partial charge in [0.05, 0.1) is 22.3 Å². The fourth-order valence-corrected chi connectivity index (χ4v) is 4.25. The zero-order valence-corrected chi connectivity index (χ0v) is 18.3. The Morgan fingerprint density at radius 1 is 1.10 bits per heavy atom. The van der Waals surface area contributed by atoms with Crippen molar-refractivity contribution in [2.24, 2.45) is 0 Å². The van der Waals surface area contributed by atoms with Crippen LogP contribution in [0.2, 0.25) is 10.0 Å². The molecule has 0 spiro atoms. The molecular weight excluding hydrogens is 421 g/mol. The molecule has 0 radical (unpaired) electrons. The van der Waals surface area contributed by atoms with E-state index in [1.807, 2.05) is 30.3 Å². The van der Waals surface area contributed by atoms with Crippen LogP contribution in [-0.4, -0.2) is 50.1 Å². The maximum Gasteiger partial charge on any atom is 0.224 e. The molecule has 0 aromatic heterocycles. The summed E-state index contributed by atoms with van der Waals surface area (Å²) in [6, 6.07) is 11.2. The number of nitrogens with one attached hydrogen (secondary N) is 1. The van der Waals surface area contributed by atoms with E-state index in [1.54, 1.807) is 6.07 Å². The van der Waals surface area contributed by atoms with E-state index in [1.165, 1.54) is 0 Å². The number of piperazine rings is 1. The van der Waals surface area contributed by atoms with Crippen molar-refractivity contribution in [3.8, 4) is 5.75 Å². The molecule has 4 rings (SSSR count). The van der Waals surface area contributed by atoms with Crippen molar-refractivity contribution in [1.82, 2.24) is 4.90 Å². The topological polar surface area (TPSA) is 44.8 Å². The van der Waals surface area contributed by atoms with Crippen LogP contribution in [0.1, 0.15) is 27.5 Å². The number of hydrogen-bond acceptors (Lipinski definition) is 4. The van der Waals surface area contributed by atoms with Gasteiger partial charge in [0, 0.05) is 47.0 Å². The molecule has 0 aliphatic carbocycles. The zero-order chi connectivity index (χ0) is 22.7. The number of nitrogens with zero attached hydrogens (tertiary/aromatic N) is 2. The second kappa shape index (κ2) is 9.90. The largest absolute Gasteiger partial charge is 0.494 e. The fraction of sp³-hybridized carbons (Fsp3) is 0.435. The first-order valence-corrected chi connectivity index (χ1v) is 11.1. The highest BCUT2D eigenvalue weighted by Gasteiger charge is 2.19. The van der Waals surface area contributed by atoms with E-state index in [0.717, 1.165) is 56.8 Å². The van der Waals surface area contributed by atoms with E-state index in [4.69, 9.17) is 30.7 Å². The van der Waals surface area contributed by atoms with E-state index in [0.29, 0.717) is 28.1 Å². The molecule has 2 aliphatic rings. The first-order valence-electron chi connectivity index (χ1n) is 11.3. The molecule has 0 atom stereocenters. The number of anilines is 2. The van der Waals surface area contributed by atoms with Gasteiger partial charge in [-0.15, -0.1) is 0 Å². The SMILES string of the molecule is [2H]C1([2H])Cc2ccc(OCCCCN3CCN(c4cccc(Cl)c4Cl)CC3)cc2NC1=O. The molecule has 0 saturated carbocycles. The third-order valence-corrected chi connectivity index (χ3v) is 6.36. The van der Waals surface area contributed by atoms with Crippen molar-refractivity contribution in [1.29, 1.82) is 0 Å². The van der Waals surface area contributed by atoms with Crippen molar-refractivity contribution < 1.29 is 12.3 Å². The minimum Gasteiger partial charge on any atom is -0.494 e. The van der Waals surface area contributed by atoms with Crippen LogP contribution in [0.15, 0.2) is 36.4 Å². The van der Waals surface area contributed by atoms with Crippen molar-refractivity contribution in [2.75, 3.05) is 49.5 Å². The van der Waals surface area contributed by atoms with Crippen LogP contribution in [0.3, 0.4) is 0 Å². The lowest BCUT2D eigenvalue weighted by Gasteiger charge is -2.36. The second-order valence-corrected chi connectivity index (χ2v) is 8.37. The number of carbonyl (C=O) groups excluding carboxylic acids is 1. The molecule has 5 nitrogen and oxygen atoms in total. The number of hydrogen-bond donors (Lipinski definition) is 1. The molecule has 1 saturated heterocycles. The first kappa shape index (κ1) is 18.8. The third kappa shape index (κ3) is 5.20. The van der Waals surface area contributed by atoms with E-state index in [9.17, 15) is 4.79 Å². The van der Waals surface area contributed by atoms with Gasteiger partial charge in [-0.05, 0) is 49.6 Å². The van der Waals surface area contributed by atoms with Crippen molar-refractivity contribution in [2.45, 2.75) is 25.6 Å². The molecule has 2 aliphatic heterocycles. The monoisotopic (exact) mass is 449 g/mol. The maximum absolute atomic E-state index is 11.8. The van der Waals surface area contributed by atoms with E-state index >= 15 is 0 Å². The van der Waals surface area contributed by atoms with Gasteiger partial charge >= 0.3 is 0 Å². The van der Waals surface area contributed by atoms with Gasteiger partial charge in [-0.25, -0.2) is 0 Å². The Labute approximate surface area is 190 Å². The number of amides is 1. The maximum atomic E-state index is 11.8. The molecule has 2 heterocycles. The van der Waals surface area contributed by atoms with Crippen molar-refractivity contribution in [3.05, 3.63) is 52.0 Å². The Hall–Kier alpha value is -1.95. The van der Waals surface area contributed by atoms with Crippen LogP contribution in [0.5, 0.6) is 5.75 Å². The molecular formula is C23H27Cl2N3O2. The number of fused-ring (bicyclic) bond motifs is 1. The first-order chi connectivity index (χ1) is 15.3. The van der Waals surface area contributed by atoms with E-state index in [2.05, 4.69) is 15.1 Å². The highest BCUT2D eigenvalue weighted by atomic mass is 35.5. The normalized spacial score (nSPS) is 19.5. The fourth-order valence-electron chi connectivity index (χ4n) is 3.83. The average Bonchev–Trinajstić information content (AvgIpc) is 2.77. The Bertz CT molecular complexity index is 982. The summed E-state index contributed by atoms with van der Waals surface area (Å²) in [5.74, 6) is 0.0957. The molecule has 2 aromatic carbocycles. The van der Waals surface area contributed by atoms with Gasteiger partial charge in [-0.2, -0.15) is 0 Å². The number of benzene rings is 2. The van der Waals surface area contributed by atoms with Crippen LogP contribution >= 0.6 is 23.2 Å². The standard InChI is InChI=1S/C23H27Cl2N3O2/c24-19-4-3-5-21(23(19)25)28-13-11-27(12-14-28)10-1-2-15-30-18-8-6-17-7-9-22(29)26-20(17)16-18/h3-6,8,16H,1-2,7,9-15H2,(H,26,29)/i9D2. The van der Waals surface area contributed by atoms with Crippen molar-refractivity contribution >= 4 is 40.5 Å². The summed E-state index contributed by atoms with van der Waals surface area (Å²) in [5.41, 5.74) is 2.44. The predicted molar refractivity (Wildman–Crippen MR) is 123 cm³/mol. The van der Waals surface area contributed by atoms with Gasteiger partial charge < -0.3 is 15.0 Å². The third-order valence-electron chi connectivity index (χ3n) is 5.55. The minimum atomic E-state index is -1.86. The van der Waals surface area contributed by atoms with Gasteiger partial charge in [0.15, 0.2) is 0 Å². The smallest absolute Gasteiger partial charge is 0.224 e. The Balaban J connectivity index is 1.17. The lowest BCUT2D eigenvalue weighted by Crippen LogP contribution is -2.46. The Morgan fingerprint density at radius 2 is 1.93 bits per heavy atom. The molecule has 1 N–H and O–H groups in total. The zero-order valence-electron chi connectivity index (χ0n) is 18.8. The van der Waals surface area contributed by atoms with Crippen LogP contribution < -0.4 is 15.0 Å². The molecule has 160 valence electrons. The summed E-state index contributed by atoms with van der Waals surface area (Å²) in [7, 11) is 0. The lowest BCUT2D eigenvalue weighted by molar-refractivity contribution is -0.116. The number of halogens is 2. The summed E-state index contributed by atoms with van der Waals surface area (Å²) in [6.45, 7) is 5.45. The molecule has 0 unspecified atom stereocenters. The quantitative estimate of drug-likeness (QED) is 0.612. The predicted octanol–water partition coefficient (Wildman–Crippen LogP) is 4.86. The minimum absolute atomic E-state index is 0.0885. The number of carbonyl (C=O) groups is 1. The Kier molecular flexibility index (Phi) is 6.20. The van der Waals surface area contributed by atoms with Gasteiger partial charge in [0.1, 0.15) is 5.75 Å². The molecule has 7 heteroatoms. The van der Waals surface area contributed by atoms with Crippen LogP contribution in [0.25, 0.3) is 0 Å². The summed E-state index contributed by atoms with van der Waals surface area (Å²) in [5, 5.41) is 3.85. The van der Waals surface area contributed by atoms with Gasteiger partial charge in [-0.1, -0.05) is 35.3 Å². The molecule has 0 bridgehead atoms. The van der Waals surface area contributed by atoms with E-state index < -0.39 is 12.3 Å². The lowest BCUT2D eigenvalue weighted by atomic mass is 10.0. The van der Waals surface area contributed by atoms with Crippen LogP contribution in [-0.2, 0) is 11.2 Å². The highest BCUT2D eigenvalue weighted by Crippen LogP contribution is 2.33. The summed E-state index contributed by atoms with van der Waals surface area (Å²) in [4.78, 5) is 16.6. The molecule has 1 fully saturated rings. The number of rotatable bonds is 7. The number of ether oxygens (including phenoxy) is 1. The van der Waals surface area contributed by atoms with Gasteiger partial charge in [0.2, 0.25) is 5.91 Å². The van der Waals surface area contributed by atoms with Gasteiger partial charge in [0.25, 0.3) is 0 Å². The van der Waals surface area contributed by atoms with Crippen LogP contribution in [0, 0.1) is 0 Å². The highest BCUT2D eigenvalue weighted by molar-refractivity contribution is 6.43. The molecule has 2 aromatic rings. The van der Waals surface area contributed by atoms with E-state index in [-0.39, 0.29) is 6.42 Å². The number of aryl methyl sites for hydroxylation is 1. The summed E-state index contributed by atoms with van der Waals surface area (Å²) < 4.78 is 21.3. The summed E-state index contributed by atoms with van der Waals surface area (Å²) >= 11 is 12.5. The average molecular weight is 450 g/mol. The molecule has 1 amide bonds. The molecule has 30 heavy (non-hydrogen) atoms. The van der Waals surface area contributed by atoms with Crippen molar-refractivity contribution in [3.63, 3.8) is 0 Å². The number of unbranched alkanes of at least 4 members (excludes halogenated alkanes) is 1.